The predicted molar refractivity (Wildman–Crippen MR) is 70.1 cm³/mol. The number of carboxylic acid groups (broad SMARTS) is 1. The third kappa shape index (κ3) is 3.05. The van der Waals surface area contributed by atoms with Crippen molar-refractivity contribution in [3.8, 4) is 5.75 Å². The average Bonchev–Trinajstić information content (AvgIpc) is 2.75. The van der Waals surface area contributed by atoms with Gasteiger partial charge in [0.05, 0.1) is 0 Å². The second-order valence-corrected chi connectivity index (χ2v) is 5.03. The number of aliphatic hydroxyl groups excluding tert-OH is 1. The molecule has 1 aliphatic carbocycles. The molecule has 0 radical (unpaired) electrons. The molecule has 0 aliphatic heterocycles. The van der Waals surface area contributed by atoms with Gasteiger partial charge in [-0.2, -0.15) is 0 Å². The fraction of sp³-hybridized carbons (Fsp3) is 0.500. The standard InChI is InChI=1S/C14H19NO4/c15-14(13(17)18)7-5-11(9-14)19-12-4-2-1-3-10(12)6-8-16/h1-4,11,16H,5-9,15H2,(H,17,18). The predicted octanol–water partition coefficient (Wildman–Crippen LogP) is 0.935. The Morgan fingerprint density at radius 3 is 2.84 bits per heavy atom. The number of hydrogen-bond donors (Lipinski definition) is 3. The Balaban J connectivity index is 2.05. The molecular weight excluding hydrogens is 246 g/mol. The average molecular weight is 265 g/mol. The molecule has 19 heavy (non-hydrogen) atoms. The minimum absolute atomic E-state index is 0.0565. The fourth-order valence-electron chi connectivity index (χ4n) is 2.45. The van der Waals surface area contributed by atoms with Crippen LogP contribution in [0.15, 0.2) is 24.3 Å². The summed E-state index contributed by atoms with van der Waals surface area (Å²) in [4.78, 5) is 11.1. The zero-order chi connectivity index (χ0) is 13.9. The molecule has 1 aromatic rings. The smallest absolute Gasteiger partial charge is 0.323 e. The topological polar surface area (TPSA) is 92.8 Å². The molecule has 0 heterocycles. The highest BCUT2D eigenvalue weighted by Gasteiger charge is 2.43. The van der Waals surface area contributed by atoms with E-state index in [1.807, 2.05) is 24.3 Å². The normalized spacial score (nSPS) is 26.3. The lowest BCUT2D eigenvalue weighted by Gasteiger charge is -2.19. The highest BCUT2D eigenvalue weighted by molar-refractivity contribution is 5.79. The van der Waals surface area contributed by atoms with Gasteiger partial charge in [0, 0.05) is 13.0 Å². The van der Waals surface area contributed by atoms with Crippen molar-refractivity contribution in [1.82, 2.24) is 0 Å². The number of aliphatic hydroxyl groups is 1. The maximum Gasteiger partial charge on any atom is 0.323 e. The van der Waals surface area contributed by atoms with Crippen LogP contribution in [0.25, 0.3) is 0 Å². The van der Waals surface area contributed by atoms with E-state index < -0.39 is 11.5 Å². The Kier molecular flexibility index (Phi) is 4.07. The van der Waals surface area contributed by atoms with Gasteiger partial charge in [0.2, 0.25) is 0 Å². The summed E-state index contributed by atoms with van der Waals surface area (Å²) < 4.78 is 5.85. The molecule has 5 nitrogen and oxygen atoms in total. The van der Waals surface area contributed by atoms with Crippen LogP contribution in [0.1, 0.15) is 24.8 Å². The van der Waals surface area contributed by atoms with Crippen molar-refractivity contribution >= 4 is 5.97 Å². The Morgan fingerprint density at radius 2 is 2.21 bits per heavy atom. The summed E-state index contributed by atoms with van der Waals surface area (Å²) in [5.74, 6) is -0.265. The molecule has 2 rings (SSSR count). The fourth-order valence-corrected chi connectivity index (χ4v) is 2.45. The van der Waals surface area contributed by atoms with Gasteiger partial charge in [-0.15, -0.1) is 0 Å². The number of para-hydroxylation sites is 1. The maximum absolute atomic E-state index is 11.1. The first-order chi connectivity index (χ1) is 9.05. The van der Waals surface area contributed by atoms with Crippen LogP contribution in [0.5, 0.6) is 5.75 Å². The molecule has 104 valence electrons. The minimum atomic E-state index is -1.17. The molecule has 0 bridgehead atoms. The third-order valence-electron chi connectivity index (χ3n) is 3.58. The molecule has 0 spiro atoms. The summed E-state index contributed by atoms with van der Waals surface area (Å²) >= 11 is 0. The van der Waals surface area contributed by atoms with E-state index in [2.05, 4.69) is 0 Å². The first-order valence-corrected chi connectivity index (χ1v) is 6.43. The second kappa shape index (κ2) is 5.59. The van der Waals surface area contributed by atoms with E-state index in [0.717, 1.165) is 5.56 Å². The van der Waals surface area contributed by atoms with Crippen LogP contribution in [0.2, 0.25) is 0 Å². The molecule has 5 heteroatoms. The largest absolute Gasteiger partial charge is 0.490 e. The number of carbonyl (C=O) groups is 1. The number of ether oxygens (including phenoxy) is 1. The van der Waals surface area contributed by atoms with E-state index >= 15 is 0 Å². The molecule has 0 aromatic heterocycles. The molecule has 1 aromatic carbocycles. The van der Waals surface area contributed by atoms with E-state index in [-0.39, 0.29) is 12.7 Å². The van der Waals surface area contributed by atoms with Gasteiger partial charge in [-0.1, -0.05) is 18.2 Å². The summed E-state index contributed by atoms with van der Waals surface area (Å²) in [5, 5.41) is 18.1. The lowest BCUT2D eigenvalue weighted by Crippen LogP contribution is -2.46. The highest BCUT2D eigenvalue weighted by Crippen LogP contribution is 2.32. The molecule has 1 aliphatic rings. The van der Waals surface area contributed by atoms with Crippen molar-refractivity contribution in [1.29, 1.82) is 0 Å². The summed E-state index contributed by atoms with van der Waals surface area (Å²) in [6.45, 7) is 0.0565. The van der Waals surface area contributed by atoms with Gasteiger partial charge in [0.25, 0.3) is 0 Å². The number of carboxylic acids is 1. The Morgan fingerprint density at radius 1 is 1.47 bits per heavy atom. The van der Waals surface area contributed by atoms with Crippen molar-refractivity contribution in [3.05, 3.63) is 29.8 Å². The molecule has 0 saturated heterocycles. The summed E-state index contributed by atoms with van der Waals surface area (Å²) in [6.07, 6.45) is 1.72. The van der Waals surface area contributed by atoms with Crippen LogP contribution < -0.4 is 10.5 Å². The summed E-state index contributed by atoms with van der Waals surface area (Å²) in [5.41, 5.74) is 5.58. The number of aliphatic carboxylic acids is 1. The van der Waals surface area contributed by atoms with Crippen molar-refractivity contribution in [2.45, 2.75) is 37.3 Å². The molecule has 0 amide bonds. The summed E-state index contributed by atoms with van der Waals surface area (Å²) in [7, 11) is 0. The van der Waals surface area contributed by atoms with Crippen LogP contribution in [-0.2, 0) is 11.2 Å². The third-order valence-corrected chi connectivity index (χ3v) is 3.58. The lowest BCUT2D eigenvalue weighted by atomic mass is 10.00. The molecule has 2 unspecified atom stereocenters. The van der Waals surface area contributed by atoms with Gasteiger partial charge in [0.15, 0.2) is 0 Å². The van der Waals surface area contributed by atoms with Gasteiger partial charge >= 0.3 is 5.97 Å². The zero-order valence-electron chi connectivity index (χ0n) is 10.7. The molecule has 4 N–H and O–H groups in total. The van der Waals surface area contributed by atoms with Gasteiger partial charge < -0.3 is 20.7 Å². The van der Waals surface area contributed by atoms with Crippen molar-refractivity contribution in [2.24, 2.45) is 5.73 Å². The van der Waals surface area contributed by atoms with E-state index in [1.54, 1.807) is 0 Å². The van der Waals surface area contributed by atoms with Crippen LogP contribution in [0, 0.1) is 0 Å². The maximum atomic E-state index is 11.1. The van der Waals surface area contributed by atoms with Crippen molar-refractivity contribution in [3.63, 3.8) is 0 Å². The number of nitrogens with two attached hydrogens (primary N) is 1. The lowest BCUT2D eigenvalue weighted by molar-refractivity contribution is -0.143. The zero-order valence-corrected chi connectivity index (χ0v) is 10.7. The molecular formula is C14H19NO4. The number of rotatable bonds is 5. The second-order valence-electron chi connectivity index (χ2n) is 5.03. The van der Waals surface area contributed by atoms with Gasteiger partial charge in [-0.25, -0.2) is 0 Å². The molecule has 1 fully saturated rings. The van der Waals surface area contributed by atoms with Gasteiger partial charge in [-0.3, -0.25) is 4.79 Å². The quantitative estimate of drug-likeness (QED) is 0.736. The highest BCUT2D eigenvalue weighted by atomic mass is 16.5. The van der Waals surface area contributed by atoms with Crippen LogP contribution in [0.4, 0.5) is 0 Å². The number of benzene rings is 1. The van der Waals surface area contributed by atoms with E-state index in [0.29, 0.717) is 31.4 Å². The molecule has 2 atom stereocenters. The first kappa shape index (κ1) is 13.8. The van der Waals surface area contributed by atoms with E-state index in [1.165, 1.54) is 0 Å². The summed E-state index contributed by atoms with van der Waals surface area (Å²) in [6, 6.07) is 7.48. The molecule has 1 saturated carbocycles. The van der Waals surface area contributed by atoms with Gasteiger partial charge in [0.1, 0.15) is 17.4 Å². The van der Waals surface area contributed by atoms with Crippen LogP contribution in [0.3, 0.4) is 0 Å². The SMILES string of the molecule is NC1(C(=O)O)CCC(Oc2ccccc2CCO)C1. The van der Waals surface area contributed by atoms with Crippen LogP contribution in [-0.4, -0.2) is 34.4 Å². The van der Waals surface area contributed by atoms with Crippen LogP contribution >= 0.6 is 0 Å². The van der Waals surface area contributed by atoms with Crippen molar-refractivity contribution in [2.75, 3.05) is 6.61 Å². The Labute approximate surface area is 112 Å². The number of hydrogen-bond acceptors (Lipinski definition) is 4. The van der Waals surface area contributed by atoms with E-state index in [9.17, 15) is 4.79 Å². The minimum Gasteiger partial charge on any atom is -0.490 e. The monoisotopic (exact) mass is 265 g/mol. The Bertz CT molecular complexity index is 463. The van der Waals surface area contributed by atoms with Gasteiger partial charge in [-0.05, 0) is 30.9 Å². The first-order valence-electron chi connectivity index (χ1n) is 6.43. The van der Waals surface area contributed by atoms with E-state index in [4.69, 9.17) is 20.7 Å². The Hall–Kier alpha value is -1.59. The van der Waals surface area contributed by atoms with Crippen molar-refractivity contribution < 1.29 is 19.7 Å².